The number of rotatable bonds is 3. The lowest BCUT2D eigenvalue weighted by Crippen LogP contribution is -2.22. The van der Waals surface area contributed by atoms with E-state index in [1.165, 1.54) is 0 Å². The van der Waals surface area contributed by atoms with Crippen LogP contribution in [0.15, 0.2) is 18.2 Å². The maximum Gasteiger partial charge on any atom is 0.191 e. The Balaban J connectivity index is 1.85. The van der Waals surface area contributed by atoms with E-state index in [4.69, 9.17) is 4.74 Å². The van der Waals surface area contributed by atoms with E-state index in [0.717, 1.165) is 30.6 Å². The van der Waals surface area contributed by atoms with E-state index >= 15 is 0 Å². The van der Waals surface area contributed by atoms with Crippen LogP contribution in [0, 0.1) is 5.92 Å². The second-order valence-electron chi connectivity index (χ2n) is 4.57. The summed E-state index contributed by atoms with van der Waals surface area (Å²) in [6.45, 7) is 0.693. The Bertz CT molecular complexity index is 435. The summed E-state index contributed by atoms with van der Waals surface area (Å²) in [5.74, 6) is 0.923. The largest absolute Gasteiger partial charge is 0.493 e. The Labute approximate surface area is 94.0 Å². The molecule has 1 aromatic carbocycles. The highest BCUT2D eigenvalue weighted by Gasteiger charge is 2.35. The zero-order valence-electron chi connectivity index (χ0n) is 8.98. The smallest absolute Gasteiger partial charge is 0.191 e. The molecule has 16 heavy (non-hydrogen) atoms. The Morgan fingerprint density at radius 3 is 3.00 bits per heavy atom. The zero-order valence-corrected chi connectivity index (χ0v) is 8.98. The fourth-order valence-corrected chi connectivity index (χ4v) is 2.14. The summed E-state index contributed by atoms with van der Waals surface area (Å²) < 4.78 is 5.38. The maximum absolute atomic E-state index is 11.9. The predicted octanol–water partition coefficient (Wildman–Crippen LogP) is 1.58. The Morgan fingerprint density at radius 1 is 1.44 bits per heavy atom. The Hall–Kier alpha value is -1.35. The highest BCUT2D eigenvalue weighted by molar-refractivity contribution is 6.00. The summed E-state index contributed by atoms with van der Waals surface area (Å²) in [6.07, 6.45) is 2.00. The van der Waals surface area contributed by atoms with Crippen molar-refractivity contribution in [2.45, 2.75) is 25.4 Å². The number of fused-ring (bicyclic) bond motifs is 1. The Morgan fingerprint density at radius 2 is 2.25 bits per heavy atom. The average molecular weight is 218 g/mol. The van der Waals surface area contributed by atoms with Crippen LogP contribution in [0.4, 0.5) is 0 Å². The highest BCUT2D eigenvalue weighted by atomic mass is 16.5. The average Bonchev–Trinajstić information content (AvgIpc) is 3.05. The SMILES string of the molecule is O=C(c1ccc2c(c1)CCO2)C(O)C1CC1. The predicted molar refractivity (Wildman–Crippen MR) is 58.7 cm³/mol. The van der Waals surface area contributed by atoms with Crippen molar-refractivity contribution in [3.05, 3.63) is 29.3 Å². The molecule has 0 saturated heterocycles. The van der Waals surface area contributed by atoms with Crippen molar-refractivity contribution in [3.8, 4) is 5.75 Å². The van der Waals surface area contributed by atoms with Crippen LogP contribution in [0.3, 0.4) is 0 Å². The second-order valence-corrected chi connectivity index (χ2v) is 4.57. The third kappa shape index (κ3) is 1.61. The fourth-order valence-electron chi connectivity index (χ4n) is 2.14. The van der Waals surface area contributed by atoms with Crippen molar-refractivity contribution in [1.82, 2.24) is 0 Å². The number of ketones is 1. The van der Waals surface area contributed by atoms with Crippen LogP contribution in [0.25, 0.3) is 0 Å². The van der Waals surface area contributed by atoms with Crippen LogP contribution in [0.1, 0.15) is 28.8 Å². The van der Waals surface area contributed by atoms with Crippen molar-refractivity contribution < 1.29 is 14.6 Å². The molecule has 1 unspecified atom stereocenters. The minimum Gasteiger partial charge on any atom is -0.493 e. The standard InChI is InChI=1S/C13H14O3/c14-12(8-1-2-8)13(15)10-3-4-11-9(7-10)5-6-16-11/h3-4,7-8,12,14H,1-2,5-6H2. The molecule has 1 N–H and O–H groups in total. The minimum atomic E-state index is -0.805. The molecule has 84 valence electrons. The highest BCUT2D eigenvalue weighted by Crippen LogP contribution is 2.34. The van der Waals surface area contributed by atoms with E-state index in [1.54, 1.807) is 6.07 Å². The molecule has 1 fully saturated rings. The van der Waals surface area contributed by atoms with Gasteiger partial charge in [0, 0.05) is 12.0 Å². The van der Waals surface area contributed by atoms with E-state index < -0.39 is 6.10 Å². The number of aliphatic hydroxyl groups is 1. The maximum atomic E-state index is 11.9. The first-order chi connectivity index (χ1) is 7.75. The van der Waals surface area contributed by atoms with Gasteiger partial charge in [-0.25, -0.2) is 0 Å². The van der Waals surface area contributed by atoms with Gasteiger partial charge in [-0.1, -0.05) is 0 Å². The van der Waals surface area contributed by atoms with Crippen LogP contribution >= 0.6 is 0 Å². The van der Waals surface area contributed by atoms with Gasteiger partial charge in [-0.2, -0.15) is 0 Å². The first-order valence-corrected chi connectivity index (χ1v) is 5.74. The molecular weight excluding hydrogens is 204 g/mol. The first kappa shape index (κ1) is 9.85. The van der Waals surface area contributed by atoms with Gasteiger partial charge in [-0.15, -0.1) is 0 Å². The number of hydrogen-bond donors (Lipinski definition) is 1. The second kappa shape index (κ2) is 3.59. The number of ether oxygens (including phenoxy) is 1. The molecule has 0 amide bonds. The van der Waals surface area contributed by atoms with E-state index in [-0.39, 0.29) is 11.7 Å². The van der Waals surface area contributed by atoms with E-state index in [2.05, 4.69) is 0 Å². The van der Waals surface area contributed by atoms with Gasteiger partial charge in [-0.3, -0.25) is 4.79 Å². The molecule has 0 spiro atoms. The quantitative estimate of drug-likeness (QED) is 0.783. The molecule has 3 heteroatoms. The van der Waals surface area contributed by atoms with Gasteiger partial charge >= 0.3 is 0 Å². The van der Waals surface area contributed by atoms with Gasteiger partial charge in [0.15, 0.2) is 5.78 Å². The van der Waals surface area contributed by atoms with Crippen LogP contribution in [-0.4, -0.2) is 23.6 Å². The van der Waals surface area contributed by atoms with E-state index in [1.807, 2.05) is 12.1 Å². The third-order valence-corrected chi connectivity index (χ3v) is 3.31. The van der Waals surface area contributed by atoms with Gasteiger partial charge in [0.1, 0.15) is 11.9 Å². The normalized spacial score (nSPS) is 20.1. The summed E-state index contributed by atoms with van der Waals surface area (Å²) in [4.78, 5) is 11.9. The van der Waals surface area contributed by atoms with Crippen molar-refractivity contribution in [3.63, 3.8) is 0 Å². The molecule has 2 aliphatic rings. The van der Waals surface area contributed by atoms with Crippen LogP contribution in [0.2, 0.25) is 0 Å². The molecule has 3 rings (SSSR count). The third-order valence-electron chi connectivity index (χ3n) is 3.31. The summed E-state index contributed by atoms with van der Waals surface area (Å²) >= 11 is 0. The van der Waals surface area contributed by atoms with Crippen molar-refractivity contribution in [2.75, 3.05) is 6.61 Å². The molecule has 0 bridgehead atoms. The lowest BCUT2D eigenvalue weighted by molar-refractivity contribution is 0.0704. The van der Waals surface area contributed by atoms with Gasteiger partial charge in [0.05, 0.1) is 6.61 Å². The van der Waals surface area contributed by atoms with Gasteiger partial charge in [-0.05, 0) is 42.5 Å². The van der Waals surface area contributed by atoms with Crippen LogP contribution < -0.4 is 4.74 Å². The molecule has 1 heterocycles. The molecule has 1 saturated carbocycles. The molecule has 1 aromatic rings. The number of carbonyl (C=O) groups excluding carboxylic acids is 1. The number of benzene rings is 1. The summed E-state index contributed by atoms with van der Waals surface area (Å²) in [5, 5.41) is 9.78. The fraction of sp³-hybridized carbons (Fsp3) is 0.462. The zero-order chi connectivity index (χ0) is 11.1. The number of Topliss-reactive ketones (excluding diaryl/α,β-unsaturated/α-hetero) is 1. The molecule has 3 nitrogen and oxygen atoms in total. The number of hydrogen-bond acceptors (Lipinski definition) is 3. The monoisotopic (exact) mass is 218 g/mol. The summed E-state index contributed by atoms with van der Waals surface area (Å²) in [5.41, 5.74) is 1.69. The molecule has 0 aromatic heterocycles. The molecule has 1 atom stereocenters. The molecular formula is C13H14O3. The van der Waals surface area contributed by atoms with Crippen LogP contribution in [-0.2, 0) is 6.42 Å². The molecule has 0 radical (unpaired) electrons. The summed E-state index contributed by atoms with van der Waals surface area (Å²) in [6, 6.07) is 5.43. The lowest BCUT2D eigenvalue weighted by Gasteiger charge is -2.08. The minimum absolute atomic E-state index is 0.141. The molecule has 1 aliphatic heterocycles. The number of aliphatic hydroxyl groups excluding tert-OH is 1. The first-order valence-electron chi connectivity index (χ1n) is 5.74. The lowest BCUT2D eigenvalue weighted by atomic mass is 10.0. The van der Waals surface area contributed by atoms with Gasteiger partial charge in [0.2, 0.25) is 0 Å². The van der Waals surface area contributed by atoms with Crippen molar-refractivity contribution >= 4 is 5.78 Å². The molecule has 1 aliphatic carbocycles. The Kier molecular flexibility index (Phi) is 2.21. The number of carbonyl (C=O) groups is 1. The van der Waals surface area contributed by atoms with Gasteiger partial charge in [0.25, 0.3) is 0 Å². The summed E-state index contributed by atoms with van der Waals surface area (Å²) in [7, 11) is 0. The van der Waals surface area contributed by atoms with Gasteiger partial charge < -0.3 is 9.84 Å². The van der Waals surface area contributed by atoms with Crippen molar-refractivity contribution in [2.24, 2.45) is 5.92 Å². The van der Waals surface area contributed by atoms with E-state index in [9.17, 15) is 9.90 Å². The van der Waals surface area contributed by atoms with Crippen molar-refractivity contribution in [1.29, 1.82) is 0 Å². The van der Waals surface area contributed by atoms with E-state index in [0.29, 0.717) is 12.2 Å². The van der Waals surface area contributed by atoms with Crippen LogP contribution in [0.5, 0.6) is 5.75 Å². The topological polar surface area (TPSA) is 46.5 Å².